The Morgan fingerprint density at radius 2 is 2.33 bits per heavy atom. The van der Waals surface area contributed by atoms with Crippen LogP contribution in [0.1, 0.15) is 0 Å². The van der Waals surface area contributed by atoms with Crippen molar-refractivity contribution >= 4 is 11.8 Å². The molecule has 0 radical (unpaired) electrons. The van der Waals surface area contributed by atoms with Gasteiger partial charge in [-0.2, -0.15) is 9.55 Å². The Balaban J connectivity index is 2.39. The maximum atomic E-state index is 10.4. The van der Waals surface area contributed by atoms with Gasteiger partial charge in [0.05, 0.1) is 7.05 Å². The second-order valence-electron chi connectivity index (χ2n) is 2.72. The number of nitro groups is 1. The van der Waals surface area contributed by atoms with E-state index in [9.17, 15) is 10.1 Å². The summed E-state index contributed by atoms with van der Waals surface area (Å²) in [7, 11) is 1.65. The summed E-state index contributed by atoms with van der Waals surface area (Å²) in [6.07, 6.45) is 1.29. The van der Waals surface area contributed by atoms with E-state index in [-0.39, 0.29) is 5.82 Å². The van der Waals surface area contributed by atoms with E-state index < -0.39 is 4.92 Å². The van der Waals surface area contributed by atoms with Crippen molar-refractivity contribution in [2.24, 2.45) is 7.05 Å². The summed E-state index contributed by atoms with van der Waals surface area (Å²) in [5.41, 5.74) is 0. The van der Waals surface area contributed by atoms with E-state index in [4.69, 9.17) is 0 Å². The molecule has 0 N–H and O–H groups in total. The van der Waals surface area contributed by atoms with Crippen LogP contribution in [0.3, 0.4) is 0 Å². The highest BCUT2D eigenvalue weighted by atomic mass is 16.6. The minimum atomic E-state index is -0.431. The average molecular weight is 168 g/mol. The highest BCUT2D eigenvalue weighted by Crippen LogP contribution is 2.23. The second kappa shape index (κ2) is 2.20. The Morgan fingerprint density at radius 1 is 1.67 bits per heavy atom. The molecule has 0 saturated carbocycles. The second-order valence-corrected chi connectivity index (χ2v) is 2.72. The third kappa shape index (κ3) is 0.919. The lowest BCUT2D eigenvalue weighted by Gasteiger charge is -1.97. The molecule has 64 valence electrons. The van der Waals surface area contributed by atoms with Crippen LogP contribution in [0.4, 0.5) is 11.8 Å². The molecule has 0 aromatic carbocycles. The summed E-state index contributed by atoms with van der Waals surface area (Å²) in [5, 5.41) is 10.4. The van der Waals surface area contributed by atoms with Crippen LogP contribution in [0.15, 0.2) is 6.20 Å². The van der Waals surface area contributed by atoms with Crippen molar-refractivity contribution in [3.8, 4) is 0 Å². The predicted octanol–water partition coefficient (Wildman–Crippen LogP) is 0.148. The summed E-state index contributed by atoms with van der Waals surface area (Å²) < 4.78 is 1.49. The van der Waals surface area contributed by atoms with Crippen molar-refractivity contribution in [2.45, 2.75) is 0 Å². The quantitative estimate of drug-likeness (QED) is 0.358. The molecule has 1 aliphatic heterocycles. The number of hydrogen-bond donors (Lipinski definition) is 0. The van der Waals surface area contributed by atoms with Crippen LogP contribution in [0, 0.1) is 10.1 Å². The molecule has 2 heterocycles. The number of anilines is 1. The fraction of sp³-hybridized carbons (Fsp3) is 0.500. The van der Waals surface area contributed by atoms with Crippen LogP contribution in [0.5, 0.6) is 0 Å². The summed E-state index contributed by atoms with van der Waals surface area (Å²) in [6.45, 7) is 1.89. The summed E-state index contributed by atoms with van der Waals surface area (Å²) in [6, 6.07) is 0. The van der Waals surface area contributed by atoms with Gasteiger partial charge in [-0.25, -0.2) is 0 Å². The van der Waals surface area contributed by atoms with E-state index >= 15 is 0 Å². The Morgan fingerprint density at radius 3 is 2.75 bits per heavy atom. The van der Waals surface area contributed by atoms with Gasteiger partial charge in [0.15, 0.2) is 0 Å². The van der Waals surface area contributed by atoms with Crippen LogP contribution < -0.4 is 4.90 Å². The maximum Gasteiger partial charge on any atom is 0.344 e. The Labute approximate surface area is 68.6 Å². The average Bonchev–Trinajstić information content (AvgIpc) is 2.75. The van der Waals surface area contributed by atoms with Crippen molar-refractivity contribution in [3.05, 3.63) is 16.3 Å². The van der Waals surface area contributed by atoms with E-state index in [1.54, 1.807) is 7.05 Å². The third-order valence-electron chi connectivity index (χ3n) is 1.86. The fourth-order valence-corrected chi connectivity index (χ4v) is 1.10. The van der Waals surface area contributed by atoms with E-state index in [1.807, 2.05) is 4.90 Å². The molecule has 0 bridgehead atoms. The Hall–Kier alpha value is -1.59. The number of rotatable bonds is 2. The molecule has 0 amide bonds. The molecule has 1 aliphatic rings. The van der Waals surface area contributed by atoms with Crippen molar-refractivity contribution in [3.63, 3.8) is 0 Å². The molecular weight excluding hydrogens is 160 g/mol. The number of hydrogen-bond acceptors (Lipinski definition) is 4. The summed E-state index contributed by atoms with van der Waals surface area (Å²) >= 11 is 0. The smallest absolute Gasteiger partial charge is 0.344 e. The van der Waals surface area contributed by atoms with Gasteiger partial charge >= 0.3 is 5.82 Å². The molecule has 0 aliphatic carbocycles. The molecule has 2 rings (SSSR count). The first kappa shape index (κ1) is 7.08. The zero-order valence-electron chi connectivity index (χ0n) is 6.60. The van der Waals surface area contributed by atoms with Gasteiger partial charge < -0.3 is 15.0 Å². The molecule has 1 aromatic heterocycles. The lowest BCUT2D eigenvalue weighted by atomic mass is 10.7. The van der Waals surface area contributed by atoms with Gasteiger partial charge in [0.2, 0.25) is 0 Å². The number of aromatic nitrogens is 2. The number of nitrogens with zero attached hydrogens (tertiary/aromatic N) is 4. The standard InChI is InChI=1S/C6H8N4O2/c1-8-5(10(11)12)4-7-6(8)9-2-3-9/h4H,2-3H2,1H3. The first-order valence-corrected chi connectivity index (χ1v) is 3.61. The van der Waals surface area contributed by atoms with Gasteiger partial charge in [0.1, 0.15) is 6.20 Å². The molecule has 0 spiro atoms. The zero-order valence-corrected chi connectivity index (χ0v) is 6.60. The van der Waals surface area contributed by atoms with Gasteiger partial charge in [-0.05, 0) is 4.92 Å². The maximum absolute atomic E-state index is 10.4. The molecule has 1 fully saturated rings. The van der Waals surface area contributed by atoms with Crippen LogP contribution in [0.2, 0.25) is 0 Å². The lowest BCUT2D eigenvalue weighted by molar-refractivity contribution is -0.391. The molecule has 1 aromatic rings. The molecule has 0 atom stereocenters. The predicted molar refractivity (Wildman–Crippen MR) is 42.1 cm³/mol. The highest BCUT2D eigenvalue weighted by molar-refractivity contribution is 5.43. The Kier molecular flexibility index (Phi) is 1.30. The summed E-state index contributed by atoms with van der Waals surface area (Å²) in [4.78, 5) is 15.9. The van der Waals surface area contributed by atoms with Crippen LogP contribution in [0.25, 0.3) is 0 Å². The molecule has 0 unspecified atom stereocenters. The third-order valence-corrected chi connectivity index (χ3v) is 1.86. The van der Waals surface area contributed by atoms with E-state index in [2.05, 4.69) is 4.98 Å². The van der Waals surface area contributed by atoms with Crippen LogP contribution in [-0.4, -0.2) is 27.6 Å². The topological polar surface area (TPSA) is 64.0 Å². The molecular formula is C6H8N4O2. The fourth-order valence-electron chi connectivity index (χ4n) is 1.10. The van der Waals surface area contributed by atoms with E-state index in [0.717, 1.165) is 13.1 Å². The van der Waals surface area contributed by atoms with Crippen LogP contribution in [-0.2, 0) is 7.05 Å². The number of imidazole rings is 1. The van der Waals surface area contributed by atoms with Gasteiger partial charge in [-0.3, -0.25) is 0 Å². The minimum absolute atomic E-state index is 0.0388. The highest BCUT2D eigenvalue weighted by Gasteiger charge is 2.28. The van der Waals surface area contributed by atoms with Crippen molar-refractivity contribution < 1.29 is 4.92 Å². The van der Waals surface area contributed by atoms with Gasteiger partial charge in [-0.15, -0.1) is 0 Å². The Bertz CT molecular complexity index is 328. The monoisotopic (exact) mass is 168 g/mol. The first-order valence-electron chi connectivity index (χ1n) is 3.61. The zero-order chi connectivity index (χ0) is 8.72. The van der Waals surface area contributed by atoms with E-state index in [1.165, 1.54) is 10.8 Å². The van der Waals surface area contributed by atoms with Gasteiger partial charge in [-0.1, -0.05) is 0 Å². The molecule has 6 heteroatoms. The largest absolute Gasteiger partial charge is 0.358 e. The van der Waals surface area contributed by atoms with Crippen molar-refractivity contribution in [1.82, 2.24) is 9.55 Å². The SMILES string of the molecule is Cn1c([N+](=O)[O-])cnc1N1CC1. The minimum Gasteiger partial charge on any atom is -0.358 e. The normalized spacial score (nSPS) is 14.9. The summed E-state index contributed by atoms with van der Waals surface area (Å²) in [5.74, 6) is 0.721. The lowest BCUT2D eigenvalue weighted by Crippen LogP contribution is -2.03. The molecule has 6 nitrogen and oxygen atoms in total. The van der Waals surface area contributed by atoms with Gasteiger partial charge in [0, 0.05) is 13.1 Å². The van der Waals surface area contributed by atoms with Crippen molar-refractivity contribution in [2.75, 3.05) is 18.0 Å². The molecule has 12 heavy (non-hydrogen) atoms. The molecule has 1 saturated heterocycles. The van der Waals surface area contributed by atoms with Gasteiger partial charge in [0.25, 0.3) is 5.95 Å². The first-order chi connectivity index (χ1) is 5.70. The van der Waals surface area contributed by atoms with Crippen LogP contribution >= 0.6 is 0 Å². The van der Waals surface area contributed by atoms with Crippen molar-refractivity contribution in [1.29, 1.82) is 0 Å². The van der Waals surface area contributed by atoms with E-state index in [0.29, 0.717) is 5.95 Å².